The van der Waals surface area contributed by atoms with Crippen molar-refractivity contribution in [2.45, 2.75) is 26.2 Å². The van der Waals surface area contributed by atoms with Gasteiger partial charge in [-0.15, -0.1) is 11.3 Å². The van der Waals surface area contributed by atoms with Crippen LogP contribution in [-0.4, -0.2) is 12.3 Å². The van der Waals surface area contributed by atoms with Crippen molar-refractivity contribution in [2.75, 3.05) is 17.6 Å². The van der Waals surface area contributed by atoms with Crippen LogP contribution >= 0.6 is 11.3 Å². The molecule has 1 aromatic carbocycles. The molecule has 1 aliphatic rings. The van der Waals surface area contributed by atoms with Crippen LogP contribution in [0.3, 0.4) is 0 Å². The summed E-state index contributed by atoms with van der Waals surface area (Å²) >= 11 is 1.49. The first-order chi connectivity index (χ1) is 10.1. The zero-order valence-electron chi connectivity index (χ0n) is 12.2. The third kappa shape index (κ3) is 3.27. The molecule has 0 unspecified atom stereocenters. The summed E-state index contributed by atoms with van der Waals surface area (Å²) in [5.41, 5.74) is 9.25. The number of anilines is 2. The summed E-state index contributed by atoms with van der Waals surface area (Å²) in [6, 6.07) is 10.3. The summed E-state index contributed by atoms with van der Waals surface area (Å²) in [6.07, 6.45) is 3.01. The van der Waals surface area contributed by atoms with E-state index in [1.807, 2.05) is 6.07 Å². The molecule has 1 heterocycles. The normalized spacial score (nSPS) is 14.1. The second-order valence-electron chi connectivity index (χ2n) is 5.64. The maximum atomic E-state index is 12.1. The number of benzene rings is 1. The minimum atomic E-state index is 0.226. The lowest BCUT2D eigenvalue weighted by molar-refractivity contribution is 0.0972. The van der Waals surface area contributed by atoms with Crippen molar-refractivity contribution >= 4 is 27.8 Å². The fourth-order valence-corrected chi connectivity index (χ4v) is 3.45. The van der Waals surface area contributed by atoms with E-state index in [0.29, 0.717) is 5.69 Å². The quantitative estimate of drug-likeness (QED) is 0.796. The number of aryl methyl sites for hydroxylation is 1. The predicted molar refractivity (Wildman–Crippen MR) is 89.2 cm³/mol. The number of nitrogens with two attached hydrogens (primary N) is 1. The highest BCUT2D eigenvalue weighted by Gasteiger charge is 2.32. The van der Waals surface area contributed by atoms with Gasteiger partial charge in [-0.2, -0.15) is 0 Å². The molecule has 1 saturated carbocycles. The third-order valence-corrected chi connectivity index (χ3v) is 5.01. The number of nitrogen functional groups attached to an aromatic ring is 1. The second kappa shape index (κ2) is 5.90. The molecule has 0 atom stereocenters. The predicted octanol–water partition coefficient (Wildman–Crippen LogP) is 3.89. The van der Waals surface area contributed by atoms with Gasteiger partial charge in [-0.05, 0) is 43.4 Å². The van der Waals surface area contributed by atoms with Gasteiger partial charge >= 0.3 is 0 Å². The average molecular weight is 300 g/mol. The van der Waals surface area contributed by atoms with E-state index in [1.54, 1.807) is 0 Å². The molecular weight excluding hydrogens is 280 g/mol. The number of nitrogens with one attached hydrogen (secondary N) is 1. The lowest BCUT2D eigenvalue weighted by atomic mass is 10.1. The Bertz CT molecular complexity index is 659. The number of Topliss-reactive ketones (excluding diaryl/α,β-unsaturated/α-hetero) is 1. The van der Waals surface area contributed by atoms with Crippen molar-refractivity contribution in [2.24, 2.45) is 5.92 Å². The number of hydrogen-bond donors (Lipinski definition) is 2. The molecule has 0 amide bonds. The fraction of sp³-hybridized carbons (Fsp3) is 0.353. The summed E-state index contributed by atoms with van der Waals surface area (Å²) in [5.74, 6) is 0.454. The van der Waals surface area contributed by atoms with Crippen LogP contribution in [0.4, 0.5) is 10.7 Å². The zero-order valence-corrected chi connectivity index (χ0v) is 13.0. The first kappa shape index (κ1) is 14.1. The van der Waals surface area contributed by atoms with Gasteiger partial charge in [0, 0.05) is 12.5 Å². The number of carbonyl (C=O) groups is 1. The fourth-order valence-electron chi connectivity index (χ4n) is 2.43. The third-order valence-electron chi connectivity index (χ3n) is 3.89. The molecule has 4 heteroatoms. The first-order valence-corrected chi connectivity index (χ1v) is 8.18. The van der Waals surface area contributed by atoms with Gasteiger partial charge in [-0.3, -0.25) is 4.79 Å². The lowest BCUT2D eigenvalue weighted by Gasteiger charge is -2.06. The molecule has 2 aromatic rings. The number of rotatable bonds is 6. The van der Waals surface area contributed by atoms with Crippen molar-refractivity contribution in [3.05, 3.63) is 46.3 Å². The van der Waals surface area contributed by atoms with E-state index in [0.717, 1.165) is 35.7 Å². The highest BCUT2D eigenvalue weighted by atomic mass is 32.1. The van der Waals surface area contributed by atoms with E-state index < -0.39 is 0 Å². The lowest BCUT2D eigenvalue weighted by Crippen LogP contribution is -2.04. The summed E-state index contributed by atoms with van der Waals surface area (Å²) in [5, 5.41) is 4.37. The maximum Gasteiger partial charge on any atom is 0.178 e. The Hall–Kier alpha value is -1.81. The molecule has 0 spiro atoms. The van der Waals surface area contributed by atoms with E-state index in [1.165, 1.54) is 22.5 Å². The van der Waals surface area contributed by atoms with E-state index in [2.05, 4.69) is 36.5 Å². The van der Waals surface area contributed by atoms with Crippen LogP contribution in [0.25, 0.3) is 0 Å². The van der Waals surface area contributed by atoms with Gasteiger partial charge in [0.25, 0.3) is 0 Å². The summed E-state index contributed by atoms with van der Waals surface area (Å²) in [6.45, 7) is 2.98. The largest absolute Gasteiger partial charge is 0.397 e. The number of thiophene rings is 1. The molecular formula is C17H20N2OS. The van der Waals surface area contributed by atoms with E-state index in [9.17, 15) is 4.79 Å². The maximum absolute atomic E-state index is 12.1. The molecule has 3 N–H and O–H groups in total. The van der Waals surface area contributed by atoms with Crippen molar-refractivity contribution < 1.29 is 4.79 Å². The zero-order chi connectivity index (χ0) is 14.8. The van der Waals surface area contributed by atoms with Gasteiger partial charge in [0.1, 0.15) is 0 Å². The number of ketones is 1. The Labute approximate surface area is 129 Å². The molecule has 110 valence electrons. The Balaban J connectivity index is 1.59. The molecule has 3 rings (SSSR count). The van der Waals surface area contributed by atoms with Gasteiger partial charge in [0.2, 0.25) is 0 Å². The Kier molecular flexibility index (Phi) is 3.97. The molecule has 0 aliphatic heterocycles. The standard InChI is InChI=1S/C17H20N2OS/c1-11-4-2-3-5-12(11)8-9-19-15-10-14(18)17(21-15)16(20)13-6-7-13/h2-5,10,13,19H,6-9,18H2,1H3. The van der Waals surface area contributed by atoms with Gasteiger partial charge in [0.05, 0.1) is 15.6 Å². The SMILES string of the molecule is Cc1ccccc1CCNc1cc(N)c(C(=O)C2CC2)s1. The van der Waals surface area contributed by atoms with Gasteiger partial charge in [-0.25, -0.2) is 0 Å². The topological polar surface area (TPSA) is 55.1 Å². The van der Waals surface area contributed by atoms with E-state index in [4.69, 9.17) is 5.73 Å². The van der Waals surface area contributed by atoms with Crippen LogP contribution in [0.15, 0.2) is 30.3 Å². The second-order valence-corrected chi connectivity index (χ2v) is 6.69. The first-order valence-electron chi connectivity index (χ1n) is 7.37. The van der Waals surface area contributed by atoms with Crippen LogP contribution in [0.2, 0.25) is 0 Å². The molecule has 1 aliphatic carbocycles. The van der Waals surface area contributed by atoms with E-state index >= 15 is 0 Å². The summed E-state index contributed by atoms with van der Waals surface area (Å²) in [7, 11) is 0. The highest BCUT2D eigenvalue weighted by Crippen LogP contribution is 2.38. The van der Waals surface area contributed by atoms with Crippen LogP contribution in [0, 0.1) is 12.8 Å². The molecule has 0 bridgehead atoms. The number of hydrogen-bond acceptors (Lipinski definition) is 4. The average Bonchev–Trinajstić information content (AvgIpc) is 3.24. The molecule has 3 nitrogen and oxygen atoms in total. The van der Waals surface area contributed by atoms with Gasteiger partial charge in [0.15, 0.2) is 5.78 Å². The summed E-state index contributed by atoms with van der Waals surface area (Å²) in [4.78, 5) is 12.8. The van der Waals surface area contributed by atoms with Gasteiger partial charge < -0.3 is 11.1 Å². The van der Waals surface area contributed by atoms with Crippen molar-refractivity contribution in [3.8, 4) is 0 Å². The minimum absolute atomic E-state index is 0.226. The molecule has 1 fully saturated rings. The molecule has 0 radical (unpaired) electrons. The Morgan fingerprint density at radius 2 is 2.14 bits per heavy atom. The van der Waals surface area contributed by atoms with Crippen LogP contribution < -0.4 is 11.1 Å². The molecule has 21 heavy (non-hydrogen) atoms. The van der Waals surface area contributed by atoms with Gasteiger partial charge in [-0.1, -0.05) is 24.3 Å². The Morgan fingerprint density at radius 3 is 2.86 bits per heavy atom. The minimum Gasteiger partial charge on any atom is -0.397 e. The van der Waals surface area contributed by atoms with Crippen molar-refractivity contribution in [3.63, 3.8) is 0 Å². The smallest absolute Gasteiger partial charge is 0.178 e. The molecule has 1 aromatic heterocycles. The van der Waals surface area contributed by atoms with E-state index in [-0.39, 0.29) is 11.7 Å². The van der Waals surface area contributed by atoms with Crippen LogP contribution in [-0.2, 0) is 6.42 Å². The monoisotopic (exact) mass is 300 g/mol. The highest BCUT2D eigenvalue weighted by molar-refractivity contribution is 7.18. The summed E-state index contributed by atoms with van der Waals surface area (Å²) < 4.78 is 0. The molecule has 0 saturated heterocycles. The number of carbonyl (C=O) groups excluding carboxylic acids is 1. The Morgan fingerprint density at radius 1 is 1.38 bits per heavy atom. The van der Waals surface area contributed by atoms with Crippen molar-refractivity contribution in [1.29, 1.82) is 0 Å². The van der Waals surface area contributed by atoms with Crippen molar-refractivity contribution in [1.82, 2.24) is 0 Å². The van der Waals surface area contributed by atoms with Crippen LogP contribution in [0.5, 0.6) is 0 Å². The van der Waals surface area contributed by atoms with Crippen LogP contribution in [0.1, 0.15) is 33.6 Å².